The zero-order valence-corrected chi connectivity index (χ0v) is 18.8. The van der Waals surface area contributed by atoms with Crippen molar-refractivity contribution in [3.05, 3.63) is 59.2 Å². The number of hydrogen-bond donors (Lipinski definition) is 3. The number of aromatic nitrogens is 1. The Hall–Kier alpha value is -3.52. The number of nitrogens with one attached hydrogen (secondary N) is 3. The van der Waals surface area contributed by atoms with Crippen LogP contribution in [0.4, 0.5) is 5.69 Å². The average molecular weight is 457 g/mol. The largest absolute Gasteiger partial charge is 0.497 e. The third-order valence-corrected chi connectivity index (χ3v) is 5.23. The van der Waals surface area contributed by atoms with Gasteiger partial charge in [-0.2, -0.15) is 0 Å². The first-order valence-corrected chi connectivity index (χ1v) is 10.4. The molecule has 1 atom stereocenters. The van der Waals surface area contributed by atoms with E-state index < -0.39 is 5.91 Å². The predicted molar refractivity (Wildman–Crippen MR) is 124 cm³/mol. The van der Waals surface area contributed by atoms with Crippen molar-refractivity contribution in [3.8, 4) is 5.75 Å². The molecule has 0 spiro atoms. The van der Waals surface area contributed by atoms with Crippen LogP contribution in [0.1, 0.15) is 30.3 Å². The lowest BCUT2D eigenvalue weighted by Gasteiger charge is -2.13. The molecule has 3 N–H and O–H groups in total. The summed E-state index contributed by atoms with van der Waals surface area (Å²) in [7, 11) is 3.33. The van der Waals surface area contributed by atoms with Crippen LogP contribution in [0.3, 0.4) is 0 Å². The highest BCUT2D eigenvalue weighted by atomic mass is 35.5. The molecule has 0 radical (unpaired) electrons. The Balaban J connectivity index is 1.47. The van der Waals surface area contributed by atoms with E-state index in [0.29, 0.717) is 22.2 Å². The zero-order chi connectivity index (χ0) is 23.3. The summed E-state index contributed by atoms with van der Waals surface area (Å²) in [5, 5.41) is 4.19. The second-order valence-electron chi connectivity index (χ2n) is 7.58. The molecule has 3 rings (SSSR count). The van der Waals surface area contributed by atoms with Crippen LogP contribution in [0.2, 0.25) is 5.02 Å². The van der Waals surface area contributed by atoms with Gasteiger partial charge in [0.15, 0.2) is 0 Å². The summed E-state index contributed by atoms with van der Waals surface area (Å²) >= 11 is 6.00. The lowest BCUT2D eigenvalue weighted by Crippen LogP contribution is -2.42. The maximum absolute atomic E-state index is 12.5. The van der Waals surface area contributed by atoms with Crippen LogP contribution in [0.25, 0.3) is 10.9 Å². The molecule has 32 heavy (non-hydrogen) atoms. The summed E-state index contributed by atoms with van der Waals surface area (Å²) in [6.07, 6.45) is 0.248. The Bertz CT molecular complexity index is 1140. The number of carbonyl (C=O) groups excluding carboxylic acids is 3. The van der Waals surface area contributed by atoms with Gasteiger partial charge < -0.3 is 14.6 Å². The van der Waals surface area contributed by atoms with Crippen molar-refractivity contribution >= 4 is 45.9 Å². The van der Waals surface area contributed by atoms with Gasteiger partial charge in [-0.15, -0.1) is 0 Å². The Labute approximate surface area is 190 Å². The molecule has 0 saturated carbocycles. The van der Waals surface area contributed by atoms with E-state index in [-0.39, 0.29) is 30.6 Å². The maximum Gasteiger partial charge on any atom is 0.286 e. The van der Waals surface area contributed by atoms with Crippen LogP contribution in [-0.4, -0.2) is 29.4 Å². The van der Waals surface area contributed by atoms with Gasteiger partial charge in [-0.1, -0.05) is 18.5 Å². The van der Waals surface area contributed by atoms with Gasteiger partial charge in [0.05, 0.1) is 7.11 Å². The van der Waals surface area contributed by atoms with Gasteiger partial charge >= 0.3 is 0 Å². The number of carbonyl (C=O) groups is 3. The molecular weight excluding hydrogens is 432 g/mol. The molecule has 0 aliphatic carbocycles. The number of amides is 3. The van der Waals surface area contributed by atoms with E-state index in [4.69, 9.17) is 16.3 Å². The van der Waals surface area contributed by atoms with Crippen molar-refractivity contribution in [1.82, 2.24) is 15.4 Å². The number of benzene rings is 2. The van der Waals surface area contributed by atoms with E-state index in [0.717, 1.165) is 10.9 Å². The van der Waals surface area contributed by atoms with Gasteiger partial charge in [-0.25, -0.2) is 0 Å². The molecule has 1 heterocycles. The normalized spacial score (nSPS) is 11.6. The third kappa shape index (κ3) is 5.79. The SMILES string of the molecule is COc1ccc(NC(=O)C[C@H](C)CC(=O)NNC(=O)c2cc3cc(Cl)ccc3n2C)cc1. The van der Waals surface area contributed by atoms with Gasteiger partial charge in [0.25, 0.3) is 5.91 Å². The van der Waals surface area contributed by atoms with Crippen LogP contribution >= 0.6 is 11.6 Å². The lowest BCUT2D eigenvalue weighted by atomic mass is 10.0. The minimum Gasteiger partial charge on any atom is -0.497 e. The number of hydrazine groups is 1. The fourth-order valence-corrected chi connectivity index (χ4v) is 3.55. The summed E-state index contributed by atoms with van der Waals surface area (Å²) in [5.74, 6) is -0.552. The minimum atomic E-state index is -0.446. The second kappa shape index (κ2) is 10.2. The van der Waals surface area contributed by atoms with Crippen molar-refractivity contribution in [2.75, 3.05) is 12.4 Å². The van der Waals surface area contributed by atoms with Crippen molar-refractivity contribution < 1.29 is 19.1 Å². The summed E-state index contributed by atoms with van der Waals surface area (Å²) in [5.41, 5.74) is 6.71. The molecule has 0 bridgehead atoms. The number of halogens is 1. The third-order valence-electron chi connectivity index (χ3n) is 4.99. The van der Waals surface area contributed by atoms with Crippen LogP contribution < -0.4 is 20.9 Å². The van der Waals surface area contributed by atoms with Gasteiger partial charge in [0.2, 0.25) is 11.8 Å². The molecule has 0 aliphatic rings. The number of aryl methyl sites for hydroxylation is 1. The number of methoxy groups -OCH3 is 1. The average Bonchev–Trinajstić information content (AvgIpc) is 3.08. The van der Waals surface area contributed by atoms with Crippen LogP contribution in [0.15, 0.2) is 48.5 Å². The first kappa shape index (κ1) is 23.1. The number of anilines is 1. The Morgan fingerprint density at radius 1 is 1.00 bits per heavy atom. The van der Waals surface area contributed by atoms with Crippen molar-refractivity contribution in [1.29, 1.82) is 0 Å². The number of ether oxygens (including phenoxy) is 1. The van der Waals surface area contributed by atoms with Crippen molar-refractivity contribution in [3.63, 3.8) is 0 Å². The van der Waals surface area contributed by atoms with Gasteiger partial charge in [0, 0.05) is 41.5 Å². The van der Waals surface area contributed by atoms with E-state index in [1.807, 2.05) is 6.07 Å². The van der Waals surface area contributed by atoms with Crippen LogP contribution in [0.5, 0.6) is 5.75 Å². The van der Waals surface area contributed by atoms with E-state index in [2.05, 4.69) is 16.2 Å². The fraction of sp³-hybridized carbons (Fsp3) is 0.261. The fourth-order valence-electron chi connectivity index (χ4n) is 3.37. The molecule has 9 heteroatoms. The number of nitrogens with zero attached hydrogens (tertiary/aromatic N) is 1. The van der Waals surface area contributed by atoms with Gasteiger partial charge in [-0.05, 0) is 54.4 Å². The summed E-state index contributed by atoms with van der Waals surface area (Å²) in [6.45, 7) is 1.79. The monoisotopic (exact) mass is 456 g/mol. The van der Waals surface area contributed by atoms with E-state index in [9.17, 15) is 14.4 Å². The second-order valence-corrected chi connectivity index (χ2v) is 8.02. The quantitative estimate of drug-likeness (QED) is 0.472. The standard InChI is InChI=1S/C23H25ClN4O4/c1-14(10-21(29)25-17-5-7-18(32-3)8-6-17)11-22(30)26-27-23(31)20-13-15-12-16(24)4-9-19(15)28(20)2/h4-9,12-14H,10-11H2,1-3H3,(H,25,29)(H,26,30)(H,27,31)/t14-/m0/s1. The molecule has 3 aromatic rings. The Morgan fingerprint density at radius 2 is 1.69 bits per heavy atom. The van der Waals surface area contributed by atoms with E-state index in [1.54, 1.807) is 68.1 Å². The first-order valence-electron chi connectivity index (χ1n) is 10.0. The molecule has 1 aromatic heterocycles. The smallest absolute Gasteiger partial charge is 0.286 e. The molecular formula is C23H25ClN4O4. The van der Waals surface area contributed by atoms with Crippen LogP contribution in [-0.2, 0) is 16.6 Å². The molecule has 8 nitrogen and oxygen atoms in total. The zero-order valence-electron chi connectivity index (χ0n) is 18.1. The Morgan fingerprint density at radius 3 is 2.38 bits per heavy atom. The first-order chi connectivity index (χ1) is 15.3. The summed E-state index contributed by atoms with van der Waals surface area (Å²) in [6, 6.07) is 14.0. The number of fused-ring (bicyclic) bond motifs is 1. The van der Waals surface area contributed by atoms with E-state index in [1.165, 1.54) is 0 Å². The topological polar surface area (TPSA) is 101 Å². The van der Waals surface area contributed by atoms with E-state index >= 15 is 0 Å². The molecule has 3 amide bonds. The van der Waals surface area contributed by atoms with Gasteiger partial charge in [0.1, 0.15) is 11.4 Å². The highest BCUT2D eigenvalue weighted by Gasteiger charge is 2.17. The number of rotatable bonds is 7. The van der Waals surface area contributed by atoms with Gasteiger partial charge in [-0.3, -0.25) is 25.2 Å². The molecule has 0 fully saturated rings. The highest BCUT2D eigenvalue weighted by Crippen LogP contribution is 2.22. The Kier molecular flexibility index (Phi) is 7.37. The molecule has 0 saturated heterocycles. The minimum absolute atomic E-state index is 0.0844. The molecule has 0 aliphatic heterocycles. The molecule has 2 aromatic carbocycles. The summed E-state index contributed by atoms with van der Waals surface area (Å²) < 4.78 is 6.80. The van der Waals surface area contributed by atoms with Crippen LogP contribution in [0, 0.1) is 5.92 Å². The van der Waals surface area contributed by atoms with Crippen molar-refractivity contribution in [2.24, 2.45) is 13.0 Å². The number of hydrogen-bond acceptors (Lipinski definition) is 4. The van der Waals surface area contributed by atoms with Crippen molar-refractivity contribution in [2.45, 2.75) is 19.8 Å². The summed E-state index contributed by atoms with van der Waals surface area (Å²) in [4.78, 5) is 36.9. The highest BCUT2D eigenvalue weighted by molar-refractivity contribution is 6.31. The molecule has 0 unspecified atom stereocenters. The molecule has 168 valence electrons. The lowest BCUT2D eigenvalue weighted by molar-refractivity contribution is -0.123. The maximum atomic E-state index is 12.5. The predicted octanol–water partition coefficient (Wildman–Crippen LogP) is 3.66.